The van der Waals surface area contributed by atoms with Crippen molar-refractivity contribution in [3.63, 3.8) is 0 Å². The van der Waals surface area contributed by atoms with Gasteiger partial charge in [0.05, 0.1) is 14.3 Å². The van der Waals surface area contributed by atoms with E-state index in [0.717, 1.165) is 12.2 Å². The molecule has 0 radical (unpaired) electrons. The highest BCUT2D eigenvalue weighted by Gasteiger charge is 2.22. The molecule has 0 spiro atoms. The van der Waals surface area contributed by atoms with Gasteiger partial charge < -0.3 is 4.42 Å². The predicted octanol–water partition coefficient (Wildman–Crippen LogP) is 3.64. The summed E-state index contributed by atoms with van der Waals surface area (Å²) < 4.78 is 5.66. The minimum Gasteiger partial charge on any atom is -0.469 e. The third-order valence-electron chi connectivity index (χ3n) is 2.65. The second-order valence-corrected chi connectivity index (χ2v) is 10.5. The lowest BCUT2D eigenvalue weighted by atomic mass is 10.2. The van der Waals surface area contributed by atoms with Gasteiger partial charge in [-0.2, -0.15) is 0 Å². The molecule has 2 heteroatoms. The minimum absolute atomic E-state index is 0.929. The van der Waals surface area contributed by atoms with E-state index in [0.29, 0.717) is 0 Å². The van der Waals surface area contributed by atoms with Gasteiger partial charge >= 0.3 is 0 Å². The van der Waals surface area contributed by atoms with E-state index in [4.69, 9.17) is 4.42 Å². The second kappa shape index (κ2) is 4.39. The maximum absolute atomic E-state index is 5.66. The number of allylic oxidation sites excluding steroid dienone is 2. The van der Waals surface area contributed by atoms with Crippen molar-refractivity contribution in [3.8, 4) is 0 Å². The summed E-state index contributed by atoms with van der Waals surface area (Å²) in [7, 11) is -1.23. The van der Waals surface area contributed by atoms with Crippen LogP contribution in [-0.4, -0.2) is 8.07 Å². The van der Waals surface area contributed by atoms with Crippen LogP contribution in [0.4, 0.5) is 0 Å². The summed E-state index contributed by atoms with van der Waals surface area (Å²) in [6.45, 7) is 13.5. The van der Waals surface area contributed by atoms with Crippen molar-refractivity contribution >= 4 is 13.3 Å². The smallest absolute Gasteiger partial charge is 0.110 e. The fraction of sp³-hybridized carbons (Fsp3) is 0.538. The van der Waals surface area contributed by atoms with Gasteiger partial charge in [-0.15, -0.1) is 0 Å². The zero-order chi connectivity index (χ0) is 11.6. The van der Waals surface area contributed by atoms with Crippen LogP contribution >= 0.6 is 0 Å². The first kappa shape index (κ1) is 12.3. The van der Waals surface area contributed by atoms with Gasteiger partial charge in [-0.25, -0.2) is 0 Å². The van der Waals surface area contributed by atoms with Crippen LogP contribution < -0.4 is 5.19 Å². The van der Waals surface area contributed by atoms with E-state index in [1.54, 1.807) is 0 Å². The Balaban J connectivity index is 2.95. The Hall–Kier alpha value is -0.763. The van der Waals surface area contributed by atoms with Crippen LogP contribution in [0, 0.1) is 6.92 Å². The summed E-state index contributed by atoms with van der Waals surface area (Å²) in [4.78, 5) is 0. The molecule has 0 saturated carbocycles. The van der Waals surface area contributed by atoms with Crippen LogP contribution in [0.5, 0.6) is 0 Å². The summed E-state index contributed by atoms with van der Waals surface area (Å²) in [6, 6.07) is 0. The molecule has 1 nitrogen and oxygen atoms in total. The molecule has 0 aliphatic rings. The molecule has 0 saturated heterocycles. The van der Waals surface area contributed by atoms with Crippen molar-refractivity contribution in [2.75, 3.05) is 0 Å². The van der Waals surface area contributed by atoms with Crippen molar-refractivity contribution in [2.45, 2.75) is 46.8 Å². The average Bonchev–Trinajstić information content (AvgIpc) is 2.42. The molecule has 0 N–H and O–H groups in total. The van der Waals surface area contributed by atoms with Crippen LogP contribution in [-0.2, 0) is 6.42 Å². The molecule has 0 unspecified atom stereocenters. The van der Waals surface area contributed by atoms with Gasteiger partial charge in [-0.05, 0) is 31.5 Å². The minimum atomic E-state index is -1.23. The summed E-state index contributed by atoms with van der Waals surface area (Å²) in [5.74, 6) is 1.13. The standard InChI is InChI=1S/C13H22OSi/c1-10(2)7-8-12-11(3)13(9-14-12)15(4,5)6/h7,9H,8H2,1-6H3. The molecular formula is C13H22OSi. The van der Waals surface area contributed by atoms with Crippen molar-refractivity contribution in [2.24, 2.45) is 0 Å². The summed E-state index contributed by atoms with van der Waals surface area (Å²) in [5, 5.41) is 1.46. The average molecular weight is 222 g/mol. The third-order valence-corrected chi connectivity index (χ3v) is 4.75. The first-order valence-electron chi connectivity index (χ1n) is 5.53. The van der Waals surface area contributed by atoms with Crippen LogP contribution in [0.3, 0.4) is 0 Å². The number of rotatable bonds is 3. The summed E-state index contributed by atoms with van der Waals surface area (Å²) in [5.41, 5.74) is 2.71. The van der Waals surface area contributed by atoms with Gasteiger partial charge in [0.1, 0.15) is 5.76 Å². The summed E-state index contributed by atoms with van der Waals surface area (Å²) in [6.07, 6.45) is 5.12. The fourth-order valence-electron chi connectivity index (χ4n) is 1.69. The zero-order valence-electron chi connectivity index (χ0n) is 10.8. The van der Waals surface area contributed by atoms with Crippen molar-refractivity contribution < 1.29 is 4.42 Å². The molecule has 0 atom stereocenters. The van der Waals surface area contributed by atoms with E-state index in [9.17, 15) is 0 Å². The third kappa shape index (κ3) is 3.10. The highest BCUT2D eigenvalue weighted by molar-refractivity contribution is 6.89. The Kier molecular flexibility index (Phi) is 3.61. The SMILES string of the molecule is CC(C)=CCc1occ([Si](C)(C)C)c1C. The predicted molar refractivity (Wildman–Crippen MR) is 69.6 cm³/mol. The number of hydrogen-bond donors (Lipinski definition) is 0. The molecule has 0 aliphatic heterocycles. The molecule has 0 aliphatic carbocycles. The lowest BCUT2D eigenvalue weighted by Crippen LogP contribution is -2.38. The van der Waals surface area contributed by atoms with Crippen LogP contribution in [0.2, 0.25) is 19.6 Å². The van der Waals surface area contributed by atoms with Gasteiger partial charge in [0.25, 0.3) is 0 Å². The Morgan fingerprint density at radius 1 is 1.33 bits per heavy atom. The maximum atomic E-state index is 5.66. The maximum Gasteiger partial charge on any atom is 0.110 e. The van der Waals surface area contributed by atoms with Gasteiger partial charge in [0.2, 0.25) is 0 Å². The Morgan fingerprint density at radius 3 is 2.33 bits per heavy atom. The molecular weight excluding hydrogens is 200 g/mol. The van der Waals surface area contributed by atoms with Crippen LogP contribution in [0.1, 0.15) is 25.2 Å². The molecule has 84 valence electrons. The Bertz CT molecular complexity index is 362. The molecule has 1 aromatic heterocycles. The highest BCUT2D eigenvalue weighted by atomic mass is 28.3. The first-order chi connectivity index (χ1) is 6.82. The van der Waals surface area contributed by atoms with E-state index < -0.39 is 8.07 Å². The number of furan rings is 1. The normalized spacial score (nSPS) is 11.6. The topological polar surface area (TPSA) is 13.1 Å². The van der Waals surface area contributed by atoms with E-state index >= 15 is 0 Å². The zero-order valence-corrected chi connectivity index (χ0v) is 11.8. The van der Waals surface area contributed by atoms with Gasteiger partial charge in [-0.1, -0.05) is 31.3 Å². The van der Waals surface area contributed by atoms with Gasteiger partial charge in [-0.3, -0.25) is 0 Å². The lowest BCUT2D eigenvalue weighted by Gasteiger charge is -2.14. The molecule has 1 heterocycles. The van der Waals surface area contributed by atoms with E-state index in [1.807, 2.05) is 6.26 Å². The quantitative estimate of drug-likeness (QED) is 0.562. The second-order valence-electron chi connectivity index (χ2n) is 5.43. The first-order valence-corrected chi connectivity index (χ1v) is 9.03. The Labute approximate surface area is 94.2 Å². The van der Waals surface area contributed by atoms with Crippen molar-refractivity contribution in [3.05, 3.63) is 29.2 Å². The molecule has 0 fully saturated rings. The van der Waals surface area contributed by atoms with Gasteiger partial charge in [0.15, 0.2) is 0 Å². The molecule has 0 bridgehead atoms. The summed E-state index contributed by atoms with van der Waals surface area (Å²) >= 11 is 0. The van der Waals surface area contributed by atoms with E-state index in [2.05, 4.69) is 46.5 Å². The monoisotopic (exact) mass is 222 g/mol. The number of hydrogen-bond acceptors (Lipinski definition) is 1. The highest BCUT2D eigenvalue weighted by Crippen LogP contribution is 2.14. The fourth-order valence-corrected chi connectivity index (χ4v) is 3.37. The van der Waals surface area contributed by atoms with E-state index in [1.165, 1.54) is 16.3 Å². The molecule has 0 amide bonds. The van der Waals surface area contributed by atoms with Crippen LogP contribution in [0.15, 0.2) is 22.3 Å². The Morgan fingerprint density at radius 2 is 1.93 bits per heavy atom. The van der Waals surface area contributed by atoms with Gasteiger partial charge in [0, 0.05) is 6.42 Å². The molecule has 15 heavy (non-hydrogen) atoms. The lowest BCUT2D eigenvalue weighted by molar-refractivity contribution is 0.521. The molecule has 1 aromatic rings. The molecule has 1 rings (SSSR count). The van der Waals surface area contributed by atoms with Crippen LogP contribution in [0.25, 0.3) is 0 Å². The van der Waals surface area contributed by atoms with Crippen molar-refractivity contribution in [1.82, 2.24) is 0 Å². The largest absolute Gasteiger partial charge is 0.469 e. The molecule has 0 aromatic carbocycles. The van der Waals surface area contributed by atoms with Crippen molar-refractivity contribution in [1.29, 1.82) is 0 Å². The van der Waals surface area contributed by atoms with E-state index in [-0.39, 0.29) is 0 Å².